The Morgan fingerprint density at radius 3 is 3.04 bits per heavy atom. The minimum absolute atomic E-state index is 0.325. The maximum absolute atomic E-state index is 6.06. The Bertz CT molecular complexity index is 828. The molecule has 2 aromatic heterocycles. The predicted molar refractivity (Wildman–Crippen MR) is 97.8 cm³/mol. The molecule has 0 spiro atoms. The van der Waals surface area contributed by atoms with Gasteiger partial charge in [0, 0.05) is 30.6 Å². The van der Waals surface area contributed by atoms with Crippen molar-refractivity contribution in [3.05, 3.63) is 66.1 Å². The van der Waals surface area contributed by atoms with Crippen molar-refractivity contribution in [2.45, 2.75) is 38.9 Å². The molecule has 0 amide bonds. The van der Waals surface area contributed by atoms with Gasteiger partial charge in [-0.15, -0.1) is 0 Å². The molecular formula is C20H24N4O2. The number of nitrogens with zero attached hydrogens (tertiary/aromatic N) is 4. The number of rotatable bonds is 7. The van der Waals surface area contributed by atoms with Crippen LogP contribution in [0, 0.1) is 6.92 Å². The highest BCUT2D eigenvalue weighted by Crippen LogP contribution is 2.34. The fourth-order valence-corrected chi connectivity index (χ4v) is 3.57. The van der Waals surface area contributed by atoms with Gasteiger partial charge >= 0.3 is 0 Å². The third-order valence-corrected chi connectivity index (χ3v) is 4.86. The van der Waals surface area contributed by atoms with Gasteiger partial charge in [0.25, 0.3) is 0 Å². The summed E-state index contributed by atoms with van der Waals surface area (Å²) in [7, 11) is 0. The standard InChI is InChI=1S/C20H24N4O2/c1-16-13-18(22-26-16)19-6-4-9-24(19)14-17-5-2-3-7-20(17)25-12-11-23-10-8-21-15-23/h2-3,5,7-8,10,13,15,19H,4,6,9,11-12,14H2,1H3/t19-/m0/s1. The van der Waals surface area contributed by atoms with Crippen molar-refractivity contribution in [2.24, 2.45) is 0 Å². The van der Waals surface area contributed by atoms with E-state index in [1.807, 2.05) is 30.1 Å². The van der Waals surface area contributed by atoms with Gasteiger partial charge in [-0.25, -0.2) is 4.98 Å². The van der Waals surface area contributed by atoms with Gasteiger partial charge in [-0.05, 0) is 32.4 Å². The number of hydrogen-bond acceptors (Lipinski definition) is 5. The van der Waals surface area contributed by atoms with E-state index in [1.54, 1.807) is 6.20 Å². The number of likely N-dealkylation sites (tertiary alicyclic amines) is 1. The summed E-state index contributed by atoms with van der Waals surface area (Å²) in [6.45, 7) is 5.29. The molecule has 6 heteroatoms. The van der Waals surface area contributed by atoms with Crippen molar-refractivity contribution in [1.29, 1.82) is 0 Å². The van der Waals surface area contributed by atoms with E-state index in [0.29, 0.717) is 12.6 Å². The van der Waals surface area contributed by atoms with E-state index in [4.69, 9.17) is 9.26 Å². The first-order valence-corrected chi connectivity index (χ1v) is 9.13. The summed E-state index contributed by atoms with van der Waals surface area (Å²) in [5, 5.41) is 4.23. The molecule has 1 aromatic carbocycles. The Morgan fingerprint density at radius 2 is 2.23 bits per heavy atom. The highest BCUT2D eigenvalue weighted by Gasteiger charge is 2.29. The topological polar surface area (TPSA) is 56.3 Å². The first kappa shape index (κ1) is 16.8. The molecule has 0 aliphatic carbocycles. The van der Waals surface area contributed by atoms with Crippen LogP contribution in [-0.4, -0.2) is 32.8 Å². The quantitative estimate of drug-likeness (QED) is 0.650. The van der Waals surface area contributed by atoms with Gasteiger partial charge < -0.3 is 13.8 Å². The molecule has 0 radical (unpaired) electrons. The second kappa shape index (κ2) is 7.74. The summed E-state index contributed by atoms with van der Waals surface area (Å²) in [5.41, 5.74) is 2.25. The fourth-order valence-electron chi connectivity index (χ4n) is 3.57. The smallest absolute Gasteiger partial charge is 0.133 e. The third-order valence-electron chi connectivity index (χ3n) is 4.86. The average molecular weight is 352 g/mol. The molecule has 1 fully saturated rings. The van der Waals surface area contributed by atoms with Crippen LogP contribution in [-0.2, 0) is 13.1 Å². The number of hydrogen-bond donors (Lipinski definition) is 0. The third kappa shape index (κ3) is 3.80. The lowest BCUT2D eigenvalue weighted by molar-refractivity contribution is 0.229. The summed E-state index contributed by atoms with van der Waals surface area (Å²) in [6, 6.07) is 10.7. The van der Waals surface area contributed by atoms with E-state index in [9.17, 15) is 0 Å². The number of aromatic nitrogens is 3. The van der Waals surface area contributed by atoms with Crippen LogP contribution in [0.3, 0.4) is 0 Å². The zero-order chi connectivity index (χ0) is 17.8. The van der Waals surface area contributed by atoms with E-state index >= 15 is 0 Å². The summed E-state index contributed by atoms with van der Waals surface area (Å²) >= 11 is 0. The molecular weight excluding hydrogens is 328 g/mol. The van der Waals surface area contributed by atoms with E-state index in [2.05, 4.69) is 39.3 Å². The first-order valence-electron chi connectivity index (χ1n) is 9.13. The highest BCUT2D eigenvalue weighted by atomic mass is 16.5. The molecule has 6 nitrogen and oxygen atoms in total. The molecule has 26 heavy (non-hydrogen) atoms. The number of para-hydroxylation sites is 1. The molecule has 0 unspecified atom stereocenters. The Balaban J connectivity index is 1.42. The van der Waals surface area contributed by atoms with Gasteiger partial charge in [0.05, 0.1) is 18.9 Å². The van der Waals surface area contributed by atoms with Crippen LogP contribution >= 0.6 is 0 Å². The molecule has 1 atom stereocenters. The molecule has 0 saturated carbocycles. The summed E-state index contributed by atoms with van der Waals surface area (Å²) in [6.07, 6.45) is 7.84. The predicted octanol–water partition coefficient (Wildman–Crippen LogP) is 3.60. The van der Waals surface area contributed by atoms with Gasteiger partial charge in [0.15, 0.2) is 0 Å². The van der Waals surface area contributed by atoms with Gasteiger partial charge in [0.2, 0.25) is 0 Å². The second-order valence-corrected chi connectivity index (χ2v) is 6.75. The molecule has 0 N–H and O–H groups in total. The Labute approximate surface area is 153 Å². The van der Waals surface area contributed by atoms with Crippen LogP contribution in [0.25, 0.3) is 0 Å². The number of imidazole rings is 1. The van der Waals surface area contributed by atoms with E-state index in [0.717, 1.165) is 43.3 Å². The first-order chi connectivity index (χ1) is 12.8. The van der Waals surface area contributed by atoms with Crippen molar-refractivity contribution < 1.29 is 9.26 Å². The van der Waals surface area contributed by atoms with Gasteiger partial charge in [0.1, 0.15) is 23.8 Å². The van der Waals surface area contributed by atoms with Crippen LogP contribution in [0.2, 0.25) is 0 Å². The largest absolute Gasteiger partial charge is 0.491 e. The second-order valence-electron chi connectivity index (χ2n) is 6.75. The number of ether oxygens (including phenoxy) is 1. The SMILES string of the molecule is Cc1cc([C@@H]2CCCN2Cc2ccccc2OCCn2ccnc2)no1. The van der Waals surface area contributed by atoms with E-state index < -0.39 is 0 Å². The van der Waals surface area contributed by atoms with E-state index in [-0.39, 0.29) is 0 Å². The Kier molecular flexibility index (Phi) is 5.02. The van der Waals surface area contributed by atoms with Gasteiger partial charge in [-0.1, -0.05) is 23.4 Å². The monoisotopic (exact) mass is 352 g/mol. The average Bonchev–Trinajstić information content (AvgIpc) is 3.38. The minimum Gasteiger partial charge on any atom is -0.491 e. The van der Waals surface area contributed by atoms with Crippen LogP contribution in [0.15, 0.2) is 53.6 Å². The highest BCUT2D eigenvalue weighted by molar-refractivity contribution is 5.33. The normalized spacial score (nSPS) is 17.7. The summed E-state index contributed by atoms with van der Waals surface area (Å²) < 4.78 is 13.4. The lowest BCUT2D eigenvalue weighted by Crippen LogP contribution is -2.23. The van der Waals surface area contributed by atoms with Crippen LogP contribution < -0.4 is 4.74 Å². The van der Waals surface area contributed by atoms with Crippen LogP contribution in [0.5, 0.6) is 5.75 Å². The molecule has 1 aliphatic heterocycles. The Morgan fingerprint density at radius 1 is 1.31 bits per heavy atom. The number of benzene rings is 1. The van der Waals surface area contributed by atoms with Crippen LogP contribution in [0.1, 0.15) is 35.9 Å². The molecule has 0 bridgehead atoms. The summed E-state index contributed by atoms with van der Waals surface area (Å²) in [4.78, 5) is 6.53. The van der Waals surface area contributed by atoms with Crippen molar-refractivity contribution in [3.8, 4) is 5.75 Å². The van der Waals surface area contributed by atoms with Gasteiger partial charge in [-0.3, -0.25) is 4.90 Å². The van der Waals surface area contributed by atoms with Crippen LogP contribution in [0.4, 0.5) is 0 Å². The van der Waals surface area contributed by atoms with Crippen molar-refractivity contribution in [2.75, 3.05) is 13.2 Å². The molecule has 1 aliphatic rings. The van der Waals surface area contributed by atoms with E-state index in [1.165, 1.54) is 12.0 Å². The molecule has 136 valence electrons. The van der Waals surface area contributed by atoms with Gasteiger partial charge in [-0.2, -0.15) is 0 Å². The minimum atomic E-state index is 0.325. The Hall–Kier alpha value is -2.60. The van der Waals surface area contributed by atoms with Crippen molar-refractivity contribution in [3.63, 3.8) is 0 Å². The fraction of sp³-hybridized carbons (Fsp3) is 0.400. The van der Waals surface area contributed by atoms with Crippen molar-refractivity contribution >= 4 is 0 Å². The summed E-state index contributed by atoms with van der Waals surface area (Å²) in [5.74, 6) is 1.82. The zero-order valence-electron chi connectivity index (χ0n) is 15.0. The maximum atomic E-state index is 6.06. The number of aryl methyl sites for hydroxylation is 1. The maximum Gasteiger partial charge on any atom is 0.133 e. The molecule has 3 aromatic rings. The lowest BCUT2D eigenvalue weighted by atomic mass is 10.1. The molecule has 4 rings (SSSR count). The molecule has 1 saturated heterocycles. The van der Waals surface area contributed by atoms with Crippen molar-refractivity contribution in [1.82, 2.24) is 19.6 Å². The lowest BCUT2D eigenvalue weighted by Gasteiger charge is -2.24. The zero-order valence-corrected chi connectivity index (χ0v) is 15.0. The molecule has 3 heterocycles.